The van der Waals surface area contributed by atoms with Crippen molar-refractivity contribution in [3.8, 4) is 0 Å². The highest BCUT2D eigenvalue weighted by Crippen LogP contribution is 2.48. The maximum atomic E-state index is 12.7. The van der Waals surface area contributed by atoms with Gasteiger partial charge in [0.05, 0.1) is 24.6 Å². The van der Waals surface area contributed by atoms with E-state index in [-0.39, 0.29) is 17.7 Å². The molecule has 0 radical (unpaired) electrons. The van der Waals surface area contributed by atoms with Gasteiger partial charge in [0.25, 0.3) is 0 Å². The van der Waals surface area contributed by atoms with E-state index in [1.165, 1.54) is 18.4 Å². The van der Waals surface area contributed by atoms with Crippen LogP contribution in [-0.2, 0) is 11.3 Å². The normalized spacial score (nSPS) is 19.4. The Balaban J connectivity index is 1.08. The number of fused-ring (bicyclic) bond motifs is 1. The molecule has 2 atom stereocenters. The Kier molecular flexibility index (Phi) is 4.99. The zero-order chi connectivity index (χ0) is 22.4. The average Bonchev–Trinajstić information content (AvgIpc) is 3.74. The first-order chi connectivity index (χ1) is 16.1. The molecular formula is C25H23ClN6O. The minimum atomic E-state index is -0.0691. The molecule has 2 N–H and O–H groups in total. The van der Waals surface area contributed by atoms with Crippen LogP contribution < -0.4 is 10.6 Å². The summed E-state index contributed by atoms with van der Waals surface area (Å²) in [4.78, 5) is 26.0. The average molecular weight is 459 g/mol. The SMILES string of the molecule is O=C(Nc1cncc(NCc2cn3cc(C4CC4)ccc3n2)n1)C1CC1c1cccc(Cl)c1. The highest BCUT2D eigenvalue weighted by Gasteiger charge is 2.44. The molecule has 33 heavy (non-hydrogen) atoms. The topological polar surface area (TPSA) is 84.2 Å². The van der Waals surface area contributed by atoms with Crippen LogP contribution in [0.3, 0.4) is 0 Å². The highest BCUT2D eigenvalue weighted by molar-refractivity contribution is 6.30. The van der Waals surface area contributed by atoms with Crippen molar-refractivity contribution in [2.75, 3.05) is 10.6 Å². The van der Waals surface area contributed by atoms with Gasteiger partial charge < -0.3 is 15.0 Å². The summed E-state index contributed by atoms with van der Waals surface area (Å²) in [7, 11) is 0. The Labute approximate surface area is 196 Å². The van der Waals surface area contributed by atoms with Crippen molar-refractivity contribution in [1.29, 1.82) is 0 Å². The molecule has 3 heterocycles. The van der Waals surface area contributed by atoms with E-state index in [1.54, 1.807) is 12.4 Å². The van der Waals surface area contributed by atoms with Crippen molar-refractivity contribution < 1.29 is 4.79 Å². The van der Waals surface area contributed by atoms with Gasteiger partial charge in [-0.1, -0.05) is 29.8 Å². The van der Waals surface area contributed by atoms with Crippen molar-refractivity contribution in [2.24, 2.45) is 5.92 Å². The highest BCUT2D eigenvalue weighted by atomic mass is 35.5. The van der Waals surface area contributed by atoms with Gasteiger partial charge in [-0.2, -0.15) is 0 Å². The summed E-state index contributed by atoms with van der Waals surface area (Å²) in [6.45, 7) is 0.520. The first kappa shape index (κ1) is 20.2. The fourth-order valence-corrected chi connectivity index (χ4v) is 4.51. The summed E-state index contributed by atoms with van der Waals surface area (Å²) in [5, 5.41) is 6.84. The van der Waals surface area contributed by atoms with E-state index in [4.69, 9.17) is 11.6 Å². The predicted octanol–water partition coefficient (Wildman–Crippen LogP) is 5.01. The van der Waals surface area contributed by atoms with Crippen LogP contribution in [-0.4, -0.2) is 25.3 Å². The zero-order valence-electron chi connectivity index (χ0n) is 17.9. The van der Waals surface area contributed by atoms with Crippen LogP contribution in [0.2, 0.25) is 5.02 Å². The molecule has 8 heteroatoms. The molecule has 4 aromatic rings. The molecule has 0 aliphatic heterocycles. The monoisotopic (exact) mass is 458 g/mol. The van der Waals surface area contributed by atoms with Gasteiger partial charge in [-0.25, -0.2) is 9.97 Å². The van der Waals surface area contributed by atoms with E-state index >= 15 is 0 Å². The summed E-state index contributed by atoms with van der Waals surface area (Å²) in [6, 6.07) is 11.9. The van der Waals surface area contributed by atoms with E-state index in [0.717, 1.165) is 23.3 Å². The molecule has 1 amide bonds. The van der Waals surface area contributed by atoms with Crippen molar-refractivity contribution in [3.05, 3.63) is 83.0 Å². The van der Waals surface area contributed by atoms with Crippen LogP contribution in [0, 0.1) is 5.92 Å². The number of anilines is 2. The number of benzene rings is 1. The summed E-state index contributed by atoms with van der Waals surface area (Å²) < 4.78 is 2.08. The number of pyridine rings is 1. The van der Waals surface area contributed by atoms with Crippen LogP contribution in [0.15, 0.2) is 61.2 Å². The van der Waals surface area contributed by atoms with Crippen LogP contribution in [0.25, 0.3) is 5.65 Å². The molecule has 7 nitrogen and oxygen atoms in total. The number of hydrogen-bond acceptors (Lipinski definition) is 5. The molecule has 2 aliphatic carbocycles. The number of hydrogen-bond donors (Lipinski definition) is 2. The van der Waals surface area contributed by atoms with E-state index in [0.29, 0.717) is 29.1 Å². The molecular weight excluding hydrogens is 436 g/mol. The number of nitrogens with zero attached hydrogens (tertiary/aromatic N) is 4. The molecule has 2 unspecified atom stereocenters. The number of aromatic nitrogens is 4. The third-order valence-corrected chi connectivity index (χ3v) is 6.55. The summed E-state index contributed by atoms with van der Waals surface area (Å²) >= 11 is 6.08. The zero-order valence-corrected chi connectivity index (χ0v) is 18.7. The molecule has 0 spiro atoms. The second kappa shape index (κ2) is 8.15. The smallest absolute Gasteiger partial charge is 0.229 e. The Morgan fingerprint density at radius 1 is 1.06 bits per heavy atom. The van der Waals surface area contributed by atoms with E-state index < -0.39 is 0 Å². The van der Waals surface area contributed by atoms with Gasteiger partial charge >= 0.3 is 0 Å². The number of rotatable bonds is 7. The lowest BCUT2D eigenvalue weighted by Crippen LogP contribution is -2.16. The van der Waals surface area contributed by atoms with Gasteiger partial charge in [-0.3, -0.25) is 9.78 Å². The Hall–Kier alpha value is -3.45. The minimum absolute atomic E-state index is 0.0433. The fraction of sp³-hybridized carbons (Fsp3) is 0.280. The molecule has 166 valence electrons. The van der Waals surface area contributed by atoms with E-state index in [2.05, 4.69) is 48.3 Å². The number of imidazole rings is 1. The lowest BCUT2D eigenvalue weighted by atomic mass is 10.1. The van der Waals surface area contributed by atoms with Crippen LogP contribution in [0.1, 0.15) is 47.9 Å². The molecule has 1 aromatic carbocycles. The van der Waals surface area contributed by atoms with Crippen molar-refractivity contribution in [3.63, 3.8) is 0 Å². The fourth-order valence-electron chi connectivity index (χ4n) is 4.31. The molecule has 2 saturated carbocycles. The molecule has 3 aromatic heterocycles. The maximum absolute atomic E-state index is 12.7. The van der Waals surface area contributed by atoms with Gasteiger partial charge in [0, 0.05) is 23.3 Å². The first-order valence-corrected chi connectivity index (χ1v) is 11.6. The number of nitrogens with one attached hydrogen (secondary N) is 2. The van der Waals surface area contributed by atoms with Gasteiger partial charge in [-0.15, -0.1) is 0 Å². The number of carbonyl (C=O) groups excluding carboxylic acids is 1. The van der Waals surface area contributed by atoms with Crippen LogP contribution in [0.4, 0.5) is 11.6 Å². The molecule has 6 rings (SSSR count). The quantitative estimate of drug-likeness (QED) is 0.406. The van der Waals surface area contributed by atoms with E-state index in [1.807, 2.05) is 30.5 Å². The maximum Gasteiger partial charge on any atom is 0.229 e. The lowest BCUT2D eigenvalue weighted by molar-refractivity contribution is -0.117. The first-order valence-electron chi connectivity index (χ1n) is 11.2. The molecule has 2 fully saturated rings. The number of amides is 1. The second-order valence-electron chi connectivity index (χ2n) is 8.87. The Morgan fingerprint density at radius 2 is 1.94 bits per heavy atom. The van der Waals surface area contributed by atoms with Gasteiger partial charge in [0.1, 0.15) is 11.5 Å². The van der Waals surface area contributed by atoms with Gasteiger partial charge in [-0.05, 0) is 60.4 Å². The number of halogens is 1. The Morgan fingerprint density at radius 3 is 2.79 bits per heavy atom. The summed E-state index contributed by atoms with van der Waals surface area (Å²) in [5.41, 5.74) is 4.33. The van der Waals surface area contributed by atoms with Gasteiger partial charge in [0.15, 0.2) is 5.82 Å². The van der Waals surface area contributed by atoms with Crippen molar-refractivity contribution in [2.45, 2.75) is 37.6 Å². The summed E-state index contributed by atoms with van der Waals surface area (Å²) in [6.07, 6.45) is 10.8. The Bertz CT molecular complexity index is 1350. The van der Waals surface area contributed by atoms with Crippen molar-refractivity contribution in [1.82, 2.24) is 19.4 Å². The van der Waals surface area contributed by atoms with Gasteiger partial charge in [0.2, 0.25) is 5.91 Å². The third-order valence-electron chi connectivity index (χ3n) is 6.31. The standard InChI is InChI=1S/C25H23ClN6O/c26-18-3-1-2-16(8-18)20-9-21(20)25(33)31-23-12-27-11-22(30-23)28-10-19-14-32-13-17(15-4-5-15)6-7-24(32)29-19/h1-3,6-8,11-15,20-21H,4-5,9-10H2,(H2,28,30,31,33). The number of carbonyl (C=O) groups is 1. The molecule has 0 bridgehead atoms. The van der Waals surface area contributed by atoms with Crippen LogP contribution >= 0.6 is 11.6 Å². The largest absolute Gasteiger partial charge is 0.363 e. The minimum Gasteiger partial charge on any atom is -0.363 e. The summed E-state index contributed by atoms with van der Waals surface area (Å²) in [5.74, 6) is 1.83. The third kappa shape index (κ3) is 4.41. The second-order valence-corrected chi connectivity index (χ2v) is 9.31. The van der Waals surface area contributed by atoms with Crippen LogP contribution in [0.5, 0.6) is 0 Å². The van der Waals surface area contributed by atoms with E-state index in [9.17, 15) is 4.79 Å². The predicted molar refractivity (Wildman–Crippen MR) is 127 cm³/mol. The van der Waals surface area contributed by atoms with Crippen molar-refractivity contribution >= 4 is 34.8 Å². The molecule has 2 aliphatic rings. The molecule has 0 saturated heterocycles. The lowest BCUT2D eigenvalue weighted by Gasteiger charge is -2.07.